The van der Waals surface area contributed by atoms with Gasteiger partial charge in [0.1, 0.15) is 0 Å². The number of fused-ring (bicyclic) bond motifs is 1. The maximum atomic E-state index is 11.8. The smallest absolute Gasteiger partial charge is 0.242 e. The second-order valence-corrected chi connectivity index (χ2v) is 5.89. The van der Waals surface area contributed by atoms with Crippen molar-refractivity contribution in [2.24, 2.45) is 11.8 Å². The fourth-order valence-electron chi connectivity index (χ4n) is 2.32. The van der Waals surface area contributed by atoms with Gasteiger partial charge in [0.2, 0.25) is 10.0 Å². The van der Waals surface area contributed by atoms with Crippen LogP contribution in [0, 0.1) is 11.8 Å². The summed E-state index contributed by atoms with van der Waals surface area (Å²) in [6, 6.07) is 1.71. The molecule has 1 aromatic heterocycles. The molecule has 0 radical (unpaired) electrons. The molecule has 1 aromatic rings. The molecule has 2 heterocycles. The van der Waals surface area contributed by atoms with Crippen LogP contribution in [0.5, 0.6) is 0 Å². The minimum absolute atomic E-state index is 0.145. The molecule has 1 aliphatic carbocycles. The lowest BCUT2D eigenvalue weighted by atomic mass is 10.4. The Hall–Kier alpha value is -0.850. The molecule has 2 atom stereocenters. The number of H-pyrrole nitrogens is 1. The second-order valence-electron chi connectivity index (χ2n) is 4.18. The molecule has 3 N–H and O–H groups in total. The summed E-state index contributed by atoms with van der Waals surface area (Å²) in [5.74, 6) is 0.998. The van der Waals surface area contributed by atoms with E-state index in [0.29, 0.717) is 16.7 Å². The number of aromatic amines is 1. The van der Waals surface area contributed by atoms with Gasteiger partial charge in [-0.05, 0) is 31.0 Å². The summed E-state index contributed by atoms with van der Waals surface area (Å²) >= 11 is 0. The van der Waals surface area contributed by atoms with Gasteiger partial charge in [-0.2, -0.15) is 0 Å². The zero-order valence-corrected chi connectivity index (χ0v) is 8.92. The van der Waals surface area contributed by atoms with E-state index >= 15 is 0 Å². The summed E-state index contributed by atoms with van der Waals surface area (Å²) in [7, 11) is -3.30. The molecule has 82 valence electrons. The van der Waals surface area contributed by atoms with Crippen LogP contribution in [0.1, 0.15) is 0 Å². The summed E-state index contributed by atoms with van der Waals surface area (Å²) < 4.78 is 26.4. The predicted molar refractivity (Wildman–Crippen MR) is 54.8 cm³/mol. The number of hydrogen-bond donors (Lipinski definition) is 3. The number of aromatic nitrogens is 1. The Morgan fingerprint density at radius 3 is 2.67 bits per heavy atom. The van der Waals surface area contributed by atoms with Crippen LogP contribution in [0.3, 0.4) is 0 Å². The van der Waals surface area contributed by atoms with Crippen LogP contribution in [0.2, 0.25) is 0 Å². The van der Waals surface area contributed by atoms with Gasteiger partial charge in [0.05, 0.1) is 4.90 Å². The highest BCUT2D eigenvalue weighted by atomic mass is 32.2. The first kappa shape index (κ1) is 9.38. The van der Waals surface area contributed by atoms with Gasteiger partial charge in [0.15, 0.2) is 0 Å². The molecule has 0 aromatic carbocycles. The molecule has 6 heteroatoms. The molecule has 1 aliphatic heterocycles. The molecule has 0 bridgehead atoms. The van der Waals surface area contributed by atoms with Crippen LogP contribution in [0.25, 0.3) is 0 Å². The largest absolute Gasteiger partial charge is 0.366 e. The zero-order valence-electron chi connectivity index (χ0n) is 8.10. The minimum Gasteiger partial charge on any atom is -0.366 e. The van der Waals surface area contributed by atoms with Gasteiger partial charge in [-0.25, -0.2) is 13.1 Å². The third kappa shape index (κ3) is 1.49. The highest BCUT2D eigenvalue weighted by Gasteiger charge is 2.54. The van der Waals surface area contributed by atoms with Gasteiger partial charge >= 0.3 is 0 Å². The summed E-state index contributed by atoms with van der Waals surface area (Å²) in [4.78, 5) is 3.07. The van der Waals surface area contributed by atoms with Gasteiger partial charge in [-0.15, -0.1) is 0 Å². The van der Waals surface area contributed by atoms with E-state index in [1.165, 1.54) is 6.20 Å². The highest BCUT2D eigenvalue weighted by Crippen LogP contribution is 2.42. The number of sulfonamides is 1. The van der Waals surface area contributed by atoms with Crippen molar-refractivity contribution in [3.8, 4) is 0 Å². The van der Waals surface area contributed by atoms with Crippen LogP contribution in [0.15, 0.2) is 23.4 Å². The first-order valence-electron chi connectivity index (χ1n) is 5.04. The Labute approximate surface area is 88.3 Å². The van der Waals surface area contributed by atoms with Crippen molar-refractivity contribution < 1.29 is 8.42 Å². The van der Waals surface area contributed by atoms with E-state index in [1.807, 2.05) is 0 Å². The van der Waals surface area contributed by atoms with Crippen LogP contribution >= 0.6 is 0 Å². The summed E-state index contributed by atoms with van der Waals surface area (Å²) in [6.07, 6.45) is 3.11. The van der Waals surface area contributed by atoms with Crippen LogP contribution in [-0.2, 0) is 10.0 Å². The molecule has 0 amide bonds. The van der Waals surface area contributed by atoms with Crippen LogP contribution in [0.4, 0.5) is 0 Å². The van der Waals surface area contributed by atoms with E-state index in [-0.39, 0.29) is 6.04 Å². The first-order chi connectivity index (χ1) is 7.18. The van der Waals surface area contributed by atoms with Crippen molar-refractivity contribution in [2.75, 3.05) is 13.1 Å². The van der Waals surface area contributed by atoms with Crippen molar-refractivity contribution in [3.63, 3.8) is 0 Å². The number of rotatable bonds is 3. The monoisotopic (exact) mass is 227 g/mol. The molecule has 2 fully saturated rings. The molecule has 5 nitrogen and oxygen atoms in total. The highest BCUT2D eigenvalue weighted by molar-refractivity contribution is 7.89. The molecule has 3 rings (SSSR count). The molecule has 1 saturated heterocycles. The van der Waals surface area contributed by atoms with Crippen molar-refractivity contribution >= 4 is 10.0 Å². The maximum absolute atomic E-state index is 11.8. The lowest BCUT2D eigenvalue weighted by Gasteiger charge is -2.06. The van der Waals surface area contributed by atoms with Crippen molar-refractivity contribution in [3.05, 3.63) is 18.5 Å². The average molecular weight is 227 g/mol. The van der Waals surface area contributed by atoms with E-state index in [0.717, 1.165) is 13.1 Å². The van der Waals surface area contributed by atoms with E-state index in [9.17, 15) is 8.42 Å². The Kier molecular flexibility index (Phi) is 1.92. The Balaban J connectivity index is 1.74. The van der Waals surface area contributed by atoms with Gasteiger partial charge in [-0.3, -0.25) is 0 Å². The lowest BCUT2D eigenvalue weighted by Crippen LogP contribution is -2.32. The molecule has 1 saturated carbocycles. The Bertz CT molecular complexity index is 444. The molecule has 15 heavy (non-hydrogen) atoms. The van der Waals surface area contributed by atoms with Gasteiger partial charge < -0.3 is 10.3 Å². The number of nitrogens with one attached hydrogen (secondary N) is 3. The minimum atomic E-state index is -3.30. The second kappa shape index (κ2) is 3.07. The predicted octanol–water partition coefficient (Wildman–Crippen LogP) is -0.489. The topological polar surface area (TPSA) is 74.0 Å². The van der Waals surface area contributed by atoms with Crippen LogP contribution < -0.4 is 10.0 Å². The summed E-state index contributed by atoms with van der Waals surface area (Å²) in [6.45, 7) is 1.87. The average Bonchev–Trinajstić information content (AvgIpc) is 2.75. The SMILES string of the molecule is O=S(=O)(NC1C2CNCC21)c1cc[nH]c1. The normalized spacial score (nSPS) is 34.0. The zero-order chi connectivity index (χ0) is 10.5. The number of hydrogen-bond acceptors (Lipinski definition) is 3. The molecular formula is C9H13N3O2S. The quantitative estimate of drug-likeness (QED) is 0.652. The first-order valence-corrected chi connectivity index (χ1v) is 6.53. The van der Waals surface area contributed by atoms with E-state index < -0.39 is 10.0 Å². The summed E-state index contributed by atoms with van der Waals surface area (Å²) in [5.41, 5.74) is 0. The standard InChI is InChI=1S/C9H13N3O2S/c13-15(14,6-1-2-10-3-6)12-9-7-4-11-5-8(7)9/h1-3,7-12H,4-5H2. The van der Waals surface area contributed by atoms with E-state index in [1.54, 1.807) is 12.3 Å². The fourth-order valence-corrected chi connectivity index (χ4v) is 3.63. The van der Waals surface area contributed by atoms with Gasteiger partial charge in [0, 0.05) is 18.4 Å². The van der Waals surface area contributed by atoms with Crippen LogP contribution in [-0.4, -0.2) is 32.5 Å². The van der Waals surface area contributed by atoms with E-state index in [2.05, 4.69) is 15.0 Å². The number of piperidine rings is 1. The molecule has 2 aliphatic rings. The fraction of sp³-hybridized carbons (Fsp3) is 0.556. The summed E-state index contributed by atoms with van der Waals surface area (Å²) in [5, 5.41) is 3.23. The lowest BCUT2D eigenvalue weighted by molar-refractivity contribution is 0.565. The third-order valence-corrected chi connectivity index (χ3v) is 4.72. The Morgan fingerprint density at radius 2 is 2.07 bits per heavy atom. The van der Waals surface area contributed by atoms with Gasteiger partial charge in [-0.1, -0.05) is 0 Å². The molecule has 2 unspecified atom stereocenters. The molecular weight excluding hydrogens is 214 g/mol. The molecule has 0 spiro atoms. The van der Waals surface area contributed by atoms with Crippen molar-refractivity contribution in [1.29, 1.82) is 0 Å². The maximum Gasteiger partial charge on any atom is 0.242 e. The van der Waals surface area contributed by atoms with Crippen molar-refractivity contribution in [2.45, 2.75) is 10.9 Å². The van der Waals surface area contributed by atoms with Gasteiger partial charge in [0.25, 0.3) is 0 Å². The van der Waals surface area contributed by atoms with Crippen molar-refractivity contribution in [1.82, 2.24) is 15.0 Å². The van der Waals surface area contributed by atoms with E-state index in [4.69, 9.17) is 0 Å². The Morgan fingerprint density at radius 1 is 1.33 bits per heavy atom. The third-order valence-electron chi connectivity index (χ3n) is 3.26.